The lowest BCUT2D eigenvalue weighted by Crippen LogP contribution is -2.34. The first-order chi connectivity index (χ1) is 17.3. The molecule has 10 nitrogen and oxygen atoms in total. The maximum atomic E-state index is 12.1. The molecule has 3 N–H and O–H groups in total. The Bertz CT molecular complexity index is 1300. The Kier molecular flexibility index (Phi) is 9.20. The quantitative estimate of drug-likeness (QED) is 0.175. The van der Waals surface area contributed by atoms with Gasteiger partial charge in [-0.1, -0.05) is 23.2 Å². The average Bonchev–Trinajstić information content (AvgIpc) is 3.30. The van der Waals surface area contributed by atoms with Crippen LogP contribution in [-0.2, 0) is 20.9 Å². The average molecular weight is 531 g/mol. The molecule has 0 atom stereocenters. The summed E-state index contributed by atoms with van der Waals surface area (Å²) >= 11 is 11.8. The first-order valence-corrected chi connectivity index (χ1v) is 11.3. The normalized spacial score (nSPS) is 10.6. The third-order valence-electron chi connectivity index (χ3n) is 4.50. The van der Waals surface area contributed by atoms with Crippen LogP contribution < -0.4 is 16.1 Å². The molecule has 0 aliphatic carbocycles. The van der Waals surface area contributed by atoms with Crippen LogP contribution in [0, 0.1) is 0 Å². The van der Waals surface area contributed by atoms with Gasteiger partial charge < -0.3 is 19.8 Å². The largest absolute Gasteiger partial charge is 0.462 e. The zero-order valence-corrected chi connectivity index (χ0v) is 20.4. The number of furan rings is 1. The van der Waals surface area contributed by atoms with Crippen molar-refractivity contribution < 1.29 is 28.3 Å². The minimum atomic E-state index is -0.893. The van der Waals surface area contributed by atoms with Crippen molar-refractivity contribution in [2.24, 2.45) is 5.10 Å². The van der Waals surface area contributed by atoms with E-state index in [0.29, 0.717) is 27.8 Å². The van der Waals surface area contributed by atoms with Gasteiger partial charge in [-0.05, 0) is 61.5 Å². The molecular weight excluding hydrogens is 511 g/mol. The van der Waals surface area contributed by atoms with E-state index in [2.05, 4.69) is 21.2 Å². The minimum Gasteiger partial charge on any atom is -0.462 e. The summed E-state index contributed by atoms with van der Waals surface area (Å²) < 4.78 is 10.4. The molecule has 1 aromatic heterocycles. The molecule has 186 valence electrons. The third-order valence-corrected chi connectivity index (χ3v) is 5.05. The molecule has 1 heterocycles. The molecule has 3 aromatic rings. The van der Waals surface area contributed by atoms with Crippen LogP contribution in [0.3, 0.4) is 0 Å². The van der Waals surface area contributed by atoms with Crippen molar-refractivity contribution in [3.63, 3.8) is 0 Å². The Morgan fingerprint density at radius 1 is 1.00 bits per heavy atom. The van der Waals surface area contributed by atoms with Crippen LogP contribution in [-0.4, -0.2) is 36.5 Å². The molecule has 36 heavy (non-hydrogen) atoms. The Morgan fingerprint density at radius 2 is 1.75 bits per heavy atom. The van der Waals surface area contributed by atoms with Gasteiger partial charge in [-0.2, -0.15) is 5.10 Å². The summed E-state index contributed by atoms with van der Waals surface area (Å²) in [6.07, 6.45) is 1.26. The van der Waals surface area contributed by atoms with Crippen molar-refractivity contribution in [1.29, 1.82) is 0 Å². The number of nitrogens with one attached hydrogen (secondary N) is 3. The Morgan fingerprint density at radius 3 is 2.44 bits per heavy atom. The fourth-order valence-corrected chi connectivity index (χ4v) is 3.28. The van der Waals surface area contributed by atoms with E-state index in [4.69, 9.17) is 32.4 Å². The molecule has 2 aromatic carbocycles. The number of rotatable bonds is 8. The number of hydrogen-bond donors (Lipinski definition) is 3. The van der Waals surface area contributed by atoms with Gasteiger partial charge in [0, 0.05) is 10.7 Å². The number of hydrazone groups is 1. The topological polar surface area (TPSA) is 139 Å². The van der Waals surface area contributed by atoms with E-state index in [1.807, 2.05) is 0 Å². The molecule has 0 unspecified atom stereocenters. The zero-order chi connectivity index (χ0) is 26.1. The first kappa shape index (κ1) is 26.5. The van der Waals surface area contributed by atoms with Crippen molar-refractivity contribution in [2.75, 3.05) is 11.9 Å². The molecule has 3 rings (SSSR count). The van der Waals surface area contributed by atoms with E-state index >= 15 is 0 Å². The van der Waals surface area contributed by atoms with E-state index in [-0.39, 0.29) is 23.7 Å². The number of nitrogens with zero attached hydrogens (tertiary/aromatic N) is 1. The summed E-state index contributed by atoms with van der Waals surface area (Å²) in [4.78, 5) is 48.0. The Hall–Kier alpha value is -4.15. The fraction of sp³-hybridized carbons (Fsp3) is 0.125. The van der Waals surface area contributed by atoms with Crippen molar-refractivity contribution in [3.8, 4) is 0 Å². The van der Waals surface area contributed by atoms with Crippen molar-refractivity contribution in [2.45, 2.75) is 13.5 Å². The molecule has 0 radical (unpaired) electrons. The van der Waals surface area contributed by atoms with Gasteiger partial charge in [0.15, 0.2) is 0 Å². The summed E-state index contributed by atoms with van der Waals surface area (Å²) in [5, 5.41) is 9.24. The van der Waals surface area contributed by atoms with Crippen LogP contribution in [0.25, 0.3) is 0 Å². The highest BCUT2D eigenvalue weighted by Gasteiger charge is 2.15. The molecule has 0 aliphatic rings. The van der Waals surface area contributed by atoms with Gasteiger partial charge in [-0.25, -0.2) is 10.2 Å². The molecule has 0 saturated heterocycles. The molecule has 0 spiro atoms. The Labute approximate surface area is 215 Å². The monoisotopic (exact) mass is 530 g/mol. The lowest BCUT2D eigenvalue weighted by Gasteiger charge is -2.07. The van der Waals surface area contributed by atoms with E-state index in [1.165, 1.54) is 48.7 Å². The highest BCUT2D eigenvalue weighted by Crippen LogP contribution is 2.20. The lowest BCUT2D eigenvalue weighted by molar-refractivity contribution is -0.136. The summed E-state index contributed by atoms with van der Waals surface area (Å²) in [6.45, 7) is 1.88. The summed E-state index contributed by atoms with van der Waals surface area (Å²) in [7, 11) is 0. The Balaban J connectivity index is 1.46. The molecular formula is C24H20Cl2N4O6. The first-order valence-electron chi connectivity index (χ1n) is 10.5. The highest BCUT2D eigenvalue weighted by atomic mass is 35.5. The smallest absolute Gasteiger partial charge is 0.338 e. The number of esters is 1. The second kappa shape index (κ2) is 12.5. The molecule has 0 fully saturated rings. The highest BCUT2D eigenvalue weighted by molar-refractivity contribution is 6.39. The van der Waals surface area contributed by atoms with Gasteiger partial charge in [0.1, 0.15) is 11.5 Å². The van der Waals surface area contributed by atoms with Crippen LogP contribution in [0.2, 0.25) is 10.0 Å². The van der Waals surface area contributed by atoms with Gasteiger partial charge in [0.25, 0.3) is 5.91 Å². The standard InChI is InChI=1S/C24H20Cl2N4O6/c1-2-35-24(34)14-3-6-16(7-4-14)29-23(33)22(32)27-12-17-8-9-18(36-17)13-28-30-21(31)19-10-5-15(25)11-20(19)26/h3-11,13H,2,12H2,1H3,(H,27,32)(H,29,33)(H,30,31)/b28-13-. The molecule has 3 amide bonds. The number of carbonyl (C=O) groups is 4. The van der Waals surface area contributed by atoms with Crippen molar-refractivity contribution in [1.82, 2.24) is 10.7 Å². The van der Waals surface area contributed by atoms with Crippen LogP contribution >= 0.6 is 23.2 Å². The number of halogens is 2. The van der Waals surface area contributed by atoms with E-state index in [0.717, 1.165) is 0 Å². The van der Waals surface area contributed by atoms with Gasteiger partial charge >= 0.3 is 17.8 Å². The summed E-state index contributed by atoms with van der Waals surface area (Å²) in [6, 6.07) is 13.5. The second-order valence-electron chi connectivity index (χ2n) is 7.06. The lowest BCUT2D eigenvalue weighted by atomic mass is 10.2. The predicted molar refractivity (Wildman–Crippen MR) is 133 cm³/mol. The molecule has 0 saturated carbocycles. The summed E-state index contributed by atoms with van der Waals surface area (Å²) in [5.41, 5.74) is 3.18. The van der Waals surface area contributed by atoms with E-state index < -0.39 is 23.7 Å². The van der Waals surface area contributed by atoms with E-state index in [9.17, 15) is 19.2 Å². The number of benzene rings is 2. The third kappa shape index (κ3) is 7.42. The second-order valence-corrected chi connectivity index (χ2v) is 7.91. The number of carbonyl (C=O) groups excluding carboxylic acids is 4. The number of hydrogen-bond acceptors (Lipinski definition) is 7. The molecule has 0 aliphatic heterocycles. The molecule has 0 bridgehead atoms. The molecule has 12 heteroatoms. The van der Waals surface area contributed by atoms with Crippen LogP contribution in [0.5, 0.6) is 0 Å². The van der Waals surface area contributed by atoms with Gasteiger partial charge in [-0.15, -0.1) is 0 Å². The number of anilines is 1. The van der Waals surface area contributed by atoms with Crippen LogP contribution in [0.4, 0.5) is 5.69 Å². The van der Waals surface area contributed by atoms with Crippen molar-refractivity contribution in [3.05, 3.63) is 87.3 Å². The minimum absolute atomic E-state index is 0.0609. The number of amides is 3. The predicted octanol–water partition coefficient (Wildman–Crippen LogP) is 3.78. The van der Waals surface area contributed by atoms with Crippen LogP contribution in [0.15, 0.2) is 64.1 Å². The summed E-state index contributed by atoms with van der Waals surface area (Å²) in [5.74, 6) is -2.15. The van der Waals surface area contributed by atoms with Gasteiger partial charge in [0.05, 0.1) is 35.5 Å². The van der Waals surface area contributed by atoms with Gasteiger partial charge in [-0.3, -0.25) is 14.4 Å². The SMILES string of the molecule is CCOC(=O)c1ccc(NC(=O)C(=O)NCc2ccc(/C=N\NC(=O)c3ccc(Cl)cc3Cl)o2)cc1. The van der Waals surface area contributed by atoms with Gasteiger partial charge in [0.2, 0.25) is 0 Å². The number of ether oxygens (including phenoxy) is 1. The zero-order valence-electron chi connectivity index (χ0n) is 18.8. The van der Waals surface area contributed by atoms with Crippen LogP contribution in [0.1, 0.15) is 39.2 Å². The maximum absolute atomic E-state index is 12.1. The van der Waals surface area contributed by atoms with E-state index in [1.54, 1.807) is 19.1 Å². The fourth-order valence-electron chi connectivity index (χ4n) is 2.79. The maximum Gasteiger partial charge on any atom is 0.338 e. The van der Waals surface area contributed by atoms with Crippen molar-refractivity contribution >= 4 is 58.8 Å².